The number of anilines is 1. The Bertz CT molecular complexity index is 1500. The maximum atomic E-state index is 13.4. The van der Waals surface area contributed by atoms with Crippen LogP contribution in [0.25, 0.3) is 11.3 Å². The number of nitrogens with zero attached hydrogens (tertiary/aromatic N) is 4. The van der Waals surface area contributed by atoms with E-state index < -0.39 is 10.0 Å². The molecule has 1 amide bonds. The Morgan fingerprint density at radius 1 is 1.14 bits per heavy atom. The van der Waals surface area contributed by atoms with E-state index in [2.05, 4.69) is 19.9 Å². The Kier molecular flexibility index (Phi) is 7.18. The van der Waals surface area contributed by atoms with E-state index in [-0.39, 0.29) is 27.1 Å². The van der Waals surface area contributed by atoms with E-state index in [1.54, 1.807) is 18.5 Å². The lowest BCUT2D eigenvalue weighted by Crippen LogP contribution is -2.30. The number of halogens is 1. The van der Waals surface area contributed by atoms with Crippen LogP contribution in [0.2, 0.25) is 0 Å². The highest BCUT2D eigenvalue weighted by Gasteiger charge is 2.37. The smallest absolute Gasteiger partial charge is 0.254 e. The van der Waals surface area contributed by atoms with Crippen LogP contribution in [0.3, 0.4) is 0 Å². The number of rotatable bonds is 8. The van der Waals surface area contributed by atoms with Gasteiger partial charge in [0.1, 0.15) is 5.82 Å². The predicted molar refractivity (Wildman–Crippen MR) is 140 cm³/mol. The summed E-state index contributed by atoms with van der Waals surface area (Å²) in [7, 11) is -3.75. The van der Waals surface area contributed by atoms with Gasteiger partial charge in [0.2, 0.25) is 5.91 Å². The van der Waals surface area contributed by atoms with Gasteiger partial charge < -0.3 is 9.88 Å². The van der Waals surface area contributed by atoms with Crippen molar-refractivity contribution in [2.75, 3.05) is 11.9 Å². The van der Waals surface area contributed by atoms with Gasteiger partial charge in [0.25, 0.3) is 10.0 Å². The molecule has 1 aliphatic heterocycles. The summed E-state index contributed by atoms with van der Waals surface area (Å²) in [5.74, 6) is -0.545. The van der Waals surface area contributed by atoms with E-state index in [0.29, 0.717) is 13.1 Å². The monoisotopic (exact) mass is 539 g/mol. The summed E-state index contributed by atoms with van der Waals surface area (Å²) in [6.45, 7) is 2.49. The summed E-state index contributed by atoms with van der Waals surface area (Å²) in [6, 6.07) is 14.2. The summed E-state index contributed by atoms with van der Waals surface area (Å²) in [5, 5.41) is 2.80. The highest BCUT2D eigenvalue weighted by atomic mass is 32.2. The third kappa shape index (κ3) is 5.48. The Morgan fingerprint density at radius 2 is 1.89 bits per heavy atom. The average Bonchev–Trinajstić information content (AvgIpc) is 3.64. The highest BCUT2D eigenvalue weighted by molar-refractivity contribution is 7.91. The number of hydrogen-bond acceptors (Lipinski definition) is 6. The normalized spacial score (nSPS) is 16.2. The number of aromatic nitrogens is 3. The standard InChI is InChI=1S/C26H26FN5O3S2/c1-18(33)30-26-29-16-25(36-26)37(34,35)32-13-2-3-23(32)20-6-8-21(9-7-20)24-15-28-17-31(24)14-12-19-4-10-22(27)11-5-19/h4-11,15-17,23H,2-3,12-14H2,1H3,(H,29,30,33). The van der Waals surface area contributed by atoms with E-state index in [4.69, 9.17) is 0 Å². The molecule has 1 atom stereocenters. The molecule has 8 nitrogen and oxygen atoms in total. The van der Waals surface area contributed by atoms with Crippen molar-refractivity contribution >= 4 is 32.4 Å². The first kappa shape index (κ1) is 25.2. The van der Waals surface area contributed by atoms with Crippen LogP contribution >= 0.6 is 11.3 Å². The molecule has 5 rings (SSSR count). The number of hydrogen-bond donors (Lipinski definition) is 1. The molecule has 0 spiro atoms. The number of aryl methyl sites for hydroxylation is 2. The van der Waals surface area contributed by atoms with Crippen molar-refractivity contribution < 1.29 is 17.6 Å². The number of thiazole rings is 1. The number of carbonyl (C=O) groups is 1. The topological polar surface area (TPSA) is 97.2 Å². The van der Waals surface area contributed by atoms with Crippen molar-refractivity contribution in [3.05, 3.63) is 84.2 Å². The van der Waals surface area contributed by atoms with Crippen LogP contribution in [0.1, 0.15) is 36.9 Å². The van der Waals surface area contributed by atoms with Crippen LogP contribution in [0, 0.1) is 5.82 Å². The molecule has 1 saturated heterocycles. The van der Waals surface area contributed by atoms with E-state index >= 15 is 0 Å². The van der Waals surface area contributed by atoms with Gasteiger partial charge in [-0.15, -0.1) is 0 Å². The summed E-state index contributed by atoms with van der Waals surface area (Å²) < 4.78 is 43.6. The molecule has 0 saturated carbocycles. The van der Waals surface area contributed by atoms with Gasteiger partial charge in [0.05, 0.1) is 30.5 Å². The third-order valence-corrected chi connectivity index (χ3v) is 9.65. The van der Waals surface area contributed by atoms with Gasteiger partial charge in [0.15, 0.2) is 9.34 Å². The van der Waals surface area contributed by atoms with Crippen molar-refractivity contribution in [2.24, 2.45) is 0 Å². The molecule has 1 unspecified atom stereocenters. The lowest BCUT2D eigenvalue weighted by molar-refractivity contribution is -0.114. The predicted octanol–water partition coefficient (Wildman–Crippen LogP) is 4.87. The van der Waals surface area contributed by atoms with Gasteiger partial charge in [0, 0.05) is 20.0 Å². The van der Waals surface area contributed by atoms with Gasteiger partial charge in [-0.2, -0.15) is 4.31 Å². The zero-order chi connectivity index (χ0) is 26.0. The number of carbonyl (C=O) groups excluding carboxylic acids is 1. The van der Waals surface area contributed by atoms with Gasteiger partial charge in [-0.3, -0.25) is 4.79 Å². The van der Waals surface area contributed by atoms with Crippen LogP contribution in [-0.2, 0) is 27.8 Å². The van der Waals surface area contributed by atoms with Crippen molar-refractivity contribution in [3.63, 3.8) is 0 Å². The minimum absolute atomic E-state index is 0.116. The van der Waals surface area contributed by atoms with E-state index in [0.717, 1.165) is 53.0 Å². The molecule has 2 aromatic heterocycles. The van der Waals surface area contributed by atoms with Crippen molar-refractivity contribution in [2.45, 2.75) is 43.0 Å². The molecule has 0 radical (unpaired) electrons. The van der Waals surface area contributed by atoms with Crippen LogP contribution in [-0.4, -0.2) is 39.7 Å². The Morgan fingerprint density at radius 3 is 2.62 bits per heavy atom. The van der Waals surface area contributed by atoms with Crippen molar-refractivity contribution in [1.29, 1.82) is 0 Å². The average molecular weight is 540 g/mol. The molecule has 37 heavy (non-hydrogen) atoms. The summed E-state index contributed by atoms with van der Waals surface area (Å²) in [6.07, 6.45) is 7.13. The van der Waals surface area contributed by atoms with Crippen LogP contribution < -0.4 is 5.32 Å². The number of benzene rings is 2. The lowest BCUT2D eigenvalue weighted by Gasteiger charge is -2.23. The second-order valence-electron chi connectivity index (χ2n) is 8.91. The zero-order valence-corrected chi connectivity index (χ0v) is 21.8. The quantitative estimate of drug-likeness (QED) is 0.345. The van der Waals surface area contributed by atoms with Gasteiger partial charge in [-0.25, -0.2) is 22.8 Å². The molecular formula is C26H26FN5O3S2. The summed E-state index contributed by atoms with van der Waals surface area (Å²) in [5.41, 5.74) is 3.91. The van der Waals surface area contributed by atoms with Crippen molar-refractivity contribution in [1.82, 2.24) is 18.8 Å². The summed E-state index contributed by atoms with van der Waals surface area (Å²) >= 11 is 0.957. The highest BCUT2D eigenvalue weighted by Crippen LogP contribution is 2.39. The molecule has 1 fully saturated rings. The minimum Gasteiger partial charge on any atom is -0.330 e. The van der Waals surface area contributed by atoms with E-state index in [9.17, 15) is 17.6 Å². The fourth-order valence-electron chi connectivity index (χ4n) is 4.58. The largest absolute Gasteiger partial charge is 0.330 e. The first-order valence-corrected chi connectivity index (χ1v) is 14.2. The first-order chi connectivity index (χ1) is 17.8. The van der Waals surface area contributed by atoms with E-state index in [1.165, 1.54) is 29.6 Å². The maximum Gasteiger partial charge on any atom is 0.254 e. The number of sulfonamides is 1. The second-order valence-corrected chi connectivity index (χ2v) is 12.1. The van der Waals surface area contributed by atoms with Crippen LogP contribution in [0.5, 0.6) is 0 Å². The number of imidazole rings is 1. The Balaban J connectivity index is 1.31. The number of amides is 1. The Labute approximate surface area is 218 Å². The van der Waals surface area contributed by atoms with Gasteiger partial charge in [-0.1, -0.05) is 47.7 Å². The van der Waals surface area contributed by atoms with Crippen LogP contribution in [0.4, 0.5) is 9.52 Å². The first-order valence-electron chi connectivity index (χ1n) is 11.9. The molecule has 1 N–H and O–H groups in total. The molecule has 11 heteroatoms. The minimum atomic E-state index is -3.75. The number of nitrogens with one attached hydrogen (secondary N) is 1. The zero-order valence-electron chi connectivity index (χ0n) is 20.2. The summed E-state index contributed by atoms with van der Waals surface area (Å²) in [4.78, 5) is 19.6. The molecular weight excluding hydrogens is 513 g/mol. The molecule has 0 bridgehead atoms. The molecule has 2 aromatic carbocycles. The molecule has 4 aromatic rings. The molecule has 0 aliphatic carbocycles. The molecule has 1 aliphatic rings. The molecule has 3 heterocycles. The second kappa shape index (κ2) is 10.5. The maximum absolute atomic E-state index is 13.4. The van der Waals surface area contributed by atoms with Gasteiger partial charge >= 0.3 is 0 Å². The fourth-order valence-corrected chi connectivity index (χ4v) is 7.47. The van der Waals surface area contributed by atoms with E-state index in [1.807, 2.05) is 30.5 Å². The Hall–Kier alpha value is -3.41. The van der Waals surface area contributed by atoms with Gasteiger partial charge in [-0.05, 0) is 48.1 Å². The van der Waals surface area contributed by atoms with Crippen molar-refractivity contribution in [3.8, 4) is 11.3 Å². The third-order valence-electron chi connectivity index (χ3n) is 6.39. The molecule has 192 valence electrons. The lowest BCUT2D eigenvalue weighted by atomic mass is 10.0. The SMILES string of the molecule is CC(=O)Nc1ncc(S(=O)(=O)N2CCCC2c2ccc(-c3cncn3CCc3ccc(F)cc3)cc2)s1. The van der Waals surface area contributed by atoms with Crippen LogP contribution in [0.15, 0.2) is 71.5 Å². The fraction of sp³-hybridized carbons (Fsp3) is 0.269.